The van der Waals surface area contributed by atoms with Crippen LogP contribution in [0.15, 0.2) is 65.6 Å². The SMILES string of the molecule is Cc1ccc(S(=O)(=O)N(CC(=O)N(Cc2ccc(Cl)c(Cl)c2)C(C)C(=O)NC2CCCCC2)c2cc(C)cc(C)c2)cc1. The Morgan fingerprint density at radius 3 is 2.09 bits per heavy atom. The van der Waals surface area contributed by atoms with Crippen molar-refractivity contribution in [2.24, 2.45) is 0 Å². The van der Waals surface area contributed by atoms with Crippen molar-refractivity contribution in [1.29, 1.82) is 0 Å². The molecule has 1 unspecified atom stereocenters. The first-order valence-electron chi connectivity index (χ1n) is 14.6. The molecule has 0 aliphatic heterocycles. The molecule has 2 amide bonds. The van der Waals surface area contributed by atoms with Crippen LogP contribution in [-0.4, -0.2) is 43.8 Å². The van der Waals surface area contributed by atoms with Gasteiger partial charge in [-0.15, -0.1) is 0 Å². The molecule has 0 bridgehead atoms. The molecule has 0 saturated heterocycles. The minimum absolute atomic E-state index is 0.0419. The van der Waals surface area contributed by atoms with Crippen molar-refractivity contribution in [2.75, 3.05) is 10.8 Å². The van der Waals surface area contributed by atoms with E-state index in [1.165, 1.54) is 4.90 Å². The fourth-order valence-electron chi connectivity index (χ4n) is 5.45. The molecule has 0 heterocycles. The third-order valence-corrected chi connectivity index (χ3v) is 10.4. The van der Waals surface area contributed by atoms with Gasteiger partial charge < -0.3 is 10.2 Å². The molecule has 0 spiro atoms. The number of amides is 2. The van der Waals surface area contributed by atoms with Crippen molar-refractivity contribution in [1.82, 2.24) is 10.2 Å². The zero-order valence-electron chi connectivity index (χ0n) is 25.1. The van der Waals surface area contributed by atoms with E-state index >= 15 is 0 Å². The van der Waals surface area contributed by atoms with Crippen LogP contribution in [0.1, 0.15) is 61.3 Å². The monoisotopic (exact) mass is 643 g/mol. The van der Waals surface area contributed by atoms with Crippen LogP contribution in [0.5, 0.6) is 0 Å². The first-order valence-corrected chi connectivity index (χ1v) is 16.8. The van der Waals surface area contributed by atoms with Crippen molar-refractivity contribution in [3.05, 3.63) is 93.0 Å². The number of hydrogen-bond acceptors (Lipinski definition) is 4. The Morgan fingerprint density at radius 2 is 1.49 bits per heavy atom. The number of aryl methyl sites for hydroxylation is 3. The second-order valence-corrected chi connectivity index (χ2v) is 14.1. The number of carbonyl (C=O) groups is 2. The van der Waals surface area contributed by atoms with Crippen molar-refractivity contribution in [3.8, 4) is 0 Å². The van der Waals surface area contributed by atoms with Crippen LogP contribution in [0.25, 0.3) is 0 Å². The molecule has 1 aliphatic carbocycles. The van der Waals surface area contributed by atoms with E-state index in [1.54, 1.807) is 61.5 Å². The van der Waals surface area contributed by atoms with Gasteiger partial charge >= 0.3 is 0 Å². The highest BCUT2D eigenvalue weighted by Crippen LogP contribution is 2.28. The number of carbonyl (C=O) groups excluding carboxylic acids is 2. The predicted molar refractivity (Wildman–Crippen MR) is 173 cm³/mol. The predicted octanol–water partition coefficient (Wildman–Crippen LogP) is 6.98. The van der Waals surface area contributed by atoms with Crippen LogP contribution in [0.3, 0.4) is 0 Å². The van der Waals surface area contributed by atoms with Crippen molar-refractivity contribution < 1.29 is 18.0 Å². The molecule has 1 aliphatic rings. The molecule has 3 aromatic rings. The van der Waals surface area contributed by atoms with E-state index in [1.807, 2.05) is 26.8 Å². The van der Waals surface area contributed by atoms with Gasteiger partial charge in [0.05, 0.1) is 20.6 Å². The number of anilines is 1. The van der Waals surface area contributed by atoms with Crippen LogP contribution in [0.2, 0.25) is 10.0 Å². The van der Waals surface area contributed by atoms with Gasteiger partial charge in [0.1, 0.15) is 12.6 Å². The van der Waals surface area contributed by atoms with E-state index in [0.29, 0.717) is 21.3 Å². The molecule has 1 fully saturated rings. The van der Waals surface area contributed by atoms with E-state index in [9.17, 15) is 18.0 Å². The number of halogens is 2. The summed E-state index contributed by atoms with van der Waals surface area (Å²) in [5, 5.41) is 3.81. The summed E-state index contributed by atoms with van der Waals surface area (Å²) in [6, 6.07) is 16.2. The Hall–Kier alpha value is -3.07. The van der Waals surface area contributed by atoms with Crippen LogP contribution < -0.4 is 9.62 Å². The first kappa shape index (κ1) is 32.8. The molecule has 230 valence electrons. The molecule has 1 N–H and O–H groups in total. The molecule has 4 rings (SSSR count). The number of rotatable bonds is 10. The fraction of sp³-hybridized carbons (Fsp3) is 0.394. The summed E-state index contributed by atoms with van der Waals surface area (Å²) < 4.78 is 29.3. The lowest BCUT2D eigenvalue weighted by atomic mass is 9.95. The Balaban J connectivity index is 1.71. The Kier molecular flexibility index (Phi) is 10.8. The van der Waals surface area contributed by atoms with Gasteiger partial charge in [-0.1, -0.05) is 72.3 Å². The number of hydrogen-bond donors (Lipinski definition) is 1. The smallest absolute Gasteiger partial charge is 0.264 e. The van der Waals surface area contributed by atoms with E-state index in [4.69, 9.17) is 23.2 Å². The quantitative estimate of drug-likeness (QED) is 0.258. The standard InChI is InChI=1S/C33H39Cl2N3O4S/c1-22-10-13-29(14-11-22)43(41,42)38(28-17-23(2)16-24(3)18-28)21-32(39)37(20-26-12-15-30(34)31(35)19-26)25(4)33(40)36-27-8-6-5-7-9-27/h10-19,25,27H,5-9,20-21H2,1-4H3,(H,36,40). The second kappa shape index (κ2) is 14.1. The normalized spacial score (nSPS) is 14.7. The summed E-state index contributed by atoms with van der Waals surface area (Å²) in [6.45, 7) is 6.85. The summed E-state index contributed by atoms with van der Waals surface area (Å²) >= 11 is 12.4. The van der Waals surface area contributed by atoms with Gasteiger partial charge in [0.2, 0.25) is 11.8 Å². The summed E-state index contributed by atoms with van der Waals surface area (Å²) in [5.41, 5.74) is 3.68. The first-order chi connectivity index (χ1) is 20.3. The van der Waals surface area contributed by atoms with Crippen molar-refractivity contribution in [3.63, 3.8) is 0 Å². The van der Waals surface area contributed by atoms with Crippen LogP contribution >= 0.6 is 23.2 Å². The molecule has 3 aromatic carbocycles. The third-order valence-electron chi connectivity index (χ3n) is 7.84. The molecule has 1 atom stereocenters. The second-order valence-electron chi connectivity index (χ2n) is 11.5. The fourth-order valence-corrected chi connectivity index (χ4v) is 7.17. The summed E-state index contributed by atoms with van der Waals surface area (Å²) in [7, 11) is -4.14. The maximum absolute atomic E-state index is 14.2. The minimum Gasteiger partial charge on any atom is -0.352 e. The van der Waals surface area contributed by atoms with Gasteiger partial charge in [0, 0.05) is 12.6 Å². The topological polar surface area (TPSA) is 86.8 Å². The third kappa shape index (κ3) is 8.31. The average Bonchev–Trinajstić information content (AvgIpc) is 2.96. The molecule has 0 radical (unpaired) electrons. The van der Waals surface area contributed by atoms with E-state index in [2.05, 4.69) is 5.32 Å². The number of nitrogens with one attached hydrogen (secondary N) is 1. The largest absolute Gasteiger partial charge is 0.352 e. The minimum atomic E-state index is -4.14. The van der Waals surface area contributed by atoms with Crippen LogP contribution in [-0.2, 0) is 26.2 Å². The number of benzene rings is 3. The molecular weight excluding hydrogens is 605 g/mol. The van der Waals surface area contributed by atoms with Crippen molar-refractivity contribution >= 4 is 50.7 Å². The van der Waals surface area contributed by atoms with Gasteiger partial charge in [-0.3, -0.25) is 13.9 Å². The lowest BCUT2D eigenvalue weighted by Crippen LogP contribution is -2.53. The van der Waals surface area contributed by atoms with Crippen molar-refractivity contribution in [2.45, 2.75) is 83.3 Å². The maximum atomic E-state index is 14.2. The van der Waals surface area contributed by atoms with E-state index in [0.717, 1.165) is 53.1 Å². The van der Waals surface area contributed by atoms with E-state index < -0.39 is 28.5 Å². The molecule has 0 aromatic heterocycles. The zero-order valence-corrected chi connectivity index (χ0v) is 27.4. The van der Waals surface area contributed by atoms with Crippen LogP contribution in [0, 0.1) is 20.8 Å². The highest BCUT2D eigenvalue weighted by Gasteiger charge is 2.33. The van der Waals surface area contributed by atoms with Gasteiger partial charge in [-0.25, -0.2) is 8.42 Å². The zero-order chi connectivity index (χ0) is 31.3. The summed E-state index contributed by atoms with van der Waals surface area (Å²) in [4.78, 5) is 29.2. The number of sulfonamides is 1. The van der Waals surface area contributed by atoms with Crippen LogP contribution in [0.4, 0.5) is 5.69 Å². The van der Waals surface area contributed by atoms with Gasteiger partial charge in [0.15, 0.2) is 0 Å². The lowest BCUT2D eigenvalue weighted by Gasteiger charge is -2.33. The molecule has 43 heavy (non-hydrogen) atoms. The Bertz CT molecular complexity index is 1550. The van der Waals surface area contributed by atoms with Gasteiger partial charge in [-0.05, 0) is 93.6 Å². The lowest BCUT2D eigenvalue weighted by molar-refractivity contribution is -0.139. The molecule has 10 heteroatoms. The molecular formula is C33H39Cl2N3O4S. The van der Waals surface area contributed by atoms with Gasteiger partial charge in [0.25, 0.3) is 10.0 Å². The maximum Gasteiger partial charge on any atom is 0.264 e. The Labute approximate surface area is 265 Å². The summed E-state index contributed by atoms with van der Waals surface area (Å²) in [5.74, 6) is -0.799. The Morgan fingerprint density at radius 1 is 0.860 bits per heavy atom. The van der Waals surface area contributed by atoms with E-state index in [-0.39, 0.29) is 23.4 Å². The number of nitrogens with zero attached hydrogens (tertiary/aromatic N) is 2. The summed E-state index contributed by atoms with van der Waals surface area (Å²) in [6.07, 6.45) is 5.04. The molecule has 1 saturated carbocycles. The highest BCUT2D eigenvalue weighted by atomic mass is 35.5. The van der Waals surface area contributed by atoms with Gasteiger partial charge in [-0.2, -0.15) is 0 Å². The highest BCUT2D eigenvalue weighted by molar-refractivity contribution is 7.92. The molecule has 7 nitrogen and oxygen atoms in total. The average molecular weight is 645 g/mol.